The van der Waals surface area contributed by atoms with Crippen LogP contribution >= 0.6 is 23.2 Å². The van der Waals surface area contributed by atoms with Gasteiger partial charge < -0.3 is 10.1 Å². The van der Waals surface area contributed by atoms with E-state index in [2.05, 4.69) is 10.3 Å². The lowest BCUT2D eigenvalue weighted by Crippen LogP contribution is -2.01. The number of hydrogen-bond donors (Lipinski definition) is 1. The Morgan fingerprint density at radius 3 is 2.80 bits per heavy atom. The second kappa shape index (κ2) is 6.47. The van der Waals surface area contributed by atoms with Gasteiger partial charge in [0.1, 0.15) is 16.6 Å². The van der Waals surface area contributed by atoms with Crippen molar-refractivity contribution in [1.82, 2.24) is 4.98 Å². The van der Waals surface area contributed by atoms with E-state index in [0.717, 1.165) is 0 Å². The number of pyridine rings is 1. The summed E-state index contributed by atoms with van der Waals surface area (Å²) in [5.41, 5.74) is 0.500. The van der Waals surface area contributed by atoms with Crippen molar-refractivity contribution < 1.29 is 4.74 Å². The van der Waals surface area contributed by atoms with Gasteiger partial charge in [-0.1, -0.05) is 29.3 Å². The van der Waals surface area contributed by atoms with Gasteiger partial charge in [-0.2, -0.15) is 10.2 Å². The molecule has 2 rings (SSSR count). The molecule has 1 aromatic heterocycles. The predicted octanol–water partition coefficient (Wildman–Crippen LogP) is 4.48. The molecular weight excluding hydrogens is 297 g/mol. The molecule has 6 heteroatoms. The summed E-state index contributed by atoms with van der Waals surface area (Å²) >= 11 is 12.1. The van der Waals surface area contributed by atoms with Crippen molar-refractivity contribution in [2.24, 2.45) is 0 Å². The third-order valence-corrected chi connectivity index (χ3v) is 2.98. The van der Waals surface area contributed by atoms with Gasteiger partial charge in [-0.3, -0.25) is 0 Å². The first-order valence-electron chi connectivity index (χ1n) is 5.92. The maximum Gasteiger partial charge on any atom is 0.240 e. The van der Waals surface area contributed by atoms with Gasteiger partial charge >= 0.3 is 0 Å². The van der Waals surface area contributed by atoms with Crippen molar-refractivity contribution in [3.8, 4) is 17.7 Å². The van der Waals surface area contributed by atoms with E-state index in [9.17, 15) is 0 Å². The van der Waals surface area contributed by atoms with Crippen LogP contribution in [0.2, 0.25) is 10.0 Å². The van der Waals surface area contributed by atoms with E-state index in [1.165, 1.54) is 0 Å². The summed E-state index contributed by atoms with van der Waals surface area (Å²) in [4.78, 5) is 4.23. The number of aromatic nitrogens is 1. The highest BCUT2D eigenvalue weighted by atomic mass is 35.5. The summed E-state index contributed by atoms with van der Waals surface area (Å²) in [7, 11) is 0. The van der Waals surface area contributed by atoms with Gasteiger partial charge in [0.05, 0.1) is 16.7 Å². The summed E-state index contributed by atoms with van der Waals surface area (Å²) in [5, 5.41) is 12.6. The average Bonchev–Trinajstić information content (AvgIpc) is 2.44. The van der Waals surface area contributed by atoms with Gasteiger partial charge in [-0.15, -0.1) is 0 Å². The molecule has 20 heavy (non-hydrogen) atoms. The fourth-order valence-electron chi connectivity index (χ4n) is 1.55. The van der Waals surface area contributed by atoms with Crippen LogP contribution in [0.3, 0.4) is 0 Å². The topological polar surface area (TPSA) is 57.9 Å². The third-order valence-electron chi connectivity index (χ3n) is 2.42. The van der Waals surface area contributed by atoms with Crippen LogP contribution in [-0.2, 0) is 0 Å². The van der Waals surface area contributed by atoms with Crippen molar-refractivity contribution in [3.63, 3.8) is 0 Å². The van der Waals surface area contributed by atoms with Crippen LogP contribution in [0.5, 0.6) is 11.6 Å². The van der Waals surface area contributed by atoms with E-state index in [4.69, 9.17) is 33.2 Å². The van der Waals surface area contributed by atoms with Crippen LogP contribution in [0, 0.1) is 11.3 Å². The maximum atomic E-state index is 8.86. The lowest BCUT2D eigenvalue weighted by molar-refractivity contribution is 0.464. The van der Waals surface area contributed by atoms with Crippen LogP contribution in [0.4, 0.5) is 5.82 Å². The fraction of sp³-hybridized carbons (Fsp3) is 0.143. The average molecular weight is 308 g/mol. The number of halogens is 2. The smallest absolute Gasteiger partial charge is 0.240 e. The van der Waals surface area contributed by atoms with Gasteiger partial charge in [-0.25, -0.2) is 0 Å². The number of ether oxygens (including phenoxy) is 1. The molecule has 0 aliphatic rings. The van der Waals surface area contributed by atoms with E-state index in [1.807, 2.05) is 13.0 Å². The van der Waals surface area contributed by atoms with Crippen molar-refractivity contribution >= 4 is 29.0 Å². The lowest BCUT2D eigenvalue weighted by Gasteiger charge is -2.10. The molecule has 1 N–H and O–H groups in total. The van der Waals surface area contributed by atoms with Crippen molar-refractivity contribution in [2.45, 2.75) is 6.92 Å². The zero-order valence-electron chi connectivity index (χ0n) is 10.7. The first-order chi connectivity index (χ1) is 9.63. The summed E-state index contributed by atoms with van der Waals surface area (Å²) in [6.07, 6.45) is 0. The second-order valence-corrected chi connectivity index (χ2v) is 4.69. The number of nitrogens with one attached hydrogen (secondary N) is 1. The second-order valence-electron chi connectivity index (χ2n) is 3.88. The van der Waals surface area contributed by atoms with Gasteiger partial charge in [0, 0.05) is 6.54 Å². The Labute approximate surface area is 126 Å². The SMILES string of the molecule is CCNc1nc(Oc2cccc(C#N)c2)c(Cl)cc1Cl. The number of anilines is 1. The summed E-state index contributed by atoms with van der Waals surface area (Å²) < 4.78 is 5.60. The highest BCUT2D eigenvalue weighted by Crippen LogP contribution is 2.33. The van der Waals surface area contributed by atoms with Crippen molar-refractivity contribution in [1.29, 1.82) is 5.26 Å². The minimum absolute atomic E-state index is 0.238. The molecule has 0 saturated carbocycles. The Morgan fingerprint density at radius 1 is 1.30 bits per heavy atom. The molecule has 2 aromatic rings. The molecule has 0 unspecified atom stereocenters. The molecule has 0 amide bonds. The summed E-state index contributed by atoms with van der Waals surface area (Å²) in [6.45, 7) is 2.61. The van der Waals surface area contributed by atoms with Crippen molar-refractivity contribution in [3.05, 3.63) is 45.9 Å². The largest absolute Gasteiger partial charge is 0.437 e. The third kappa shape index (κ3) is 3.32. The van der Waals surface area contributed by atoms with E-state index in [-0.39, 0.29) is 5.88 Å². The minimum atomic E-state index is 0.238. The number of nitrogens with zero attached hydrogens (tertiary/aromatic N) is 2. The Hall–Kier alpha value is -1.96. The molecule has 0 atom stereocenters. The molecule has 0 saturated heterocycles. The Balaban J connectivity index is 2.33. The first kappa shape index (κ1) is 14.4. The predicted molar refractivity (Wildman–Crippen MR) is 79.7 cm³/mol. The quantitative estimate of drug-likeness (QED) is 0.904. The summed E-state index contributed by atoms with van der Waals surface area (Å²) in [6, 6.07) is 10.4. The highest BCUT2D eigenvalue weighted by Gasteiger charge is 2.11. The molecule has 1 heterocycles. The van der Waals surface area contributed by atoms with E-state index < -0.39 is 0 Å². The minimum Gasteiger partial charge on any atom is -0.437 e. The molecule has 0 aliphatic carbocycles. The van der Waals surface area contributed by atoms with Gasteiger partial charge in [-0.05, 0) is 31.2 Å². The van der Waals surface area contributed by atoms with Crippen LogP contribution in [0.25, 0.3) is 0 Å². The molecule has 102 valence electrons. The maximum absolute atomic E-state index is 8.86. The Morgan fingerprint density at radius 2 is 2.10 bits per heavy atom. The van der Waals surface area contributed by atoms with Crippen LogP contribution in [0.15, 0.2) is 30.3 Å². The zero-order chi connectivity index (χ0) is 14.5. The Bertz CT molecular complexity index is 668. The van der Waals surface area contributed by atoms with Crippen LogP contribution in [0.1, 0.15) is 12.5 Å². The zero-order valence-corrected chi connectivity index (χ0v) is 12.2. The molecule has 4 nitrogen and oxygen atoms in total. The van der Waals surface area contributed by atoms with E-state index in [0.29, 0.717) is 33.7 Å². The fourth-order valence-corrected chi connectivity index (χ4v) is 2.02. The Kier molecular flexibility index (Phi) is 4.67. The normalized spacial score (nSPS) is 9.90. The molecule has 0 fully saturated rings. The van der Waals surface area contributed by atoms with Crippen LogP contribution < -0.4 is 10.1 Å². The lowest BCUT2D eigenvalue weighted by atomic mass is 10.2. The molecule has 0 radical (unpaired) electrons. The van der Waals surface area contributed by atoms with Crippen molar-refractivity contribution in [2.75, 3.05) is 11.9 Å². The van der Waals surface area contributed by atoms with Gasteiger partial charge in [0.2, 0.25) is 5.88 Å². The first-order valence-corrected chi connectivity index (χ1v) is 6.67. The molecule has 0 bridgehead atoms. The molecular formula is C14H11Cl2N3O. The van der Waals surface area contributed by atoms with E-state index in [1.54, 1.807) is 30.3 Å². The summed E-state index contributed by atoms with van der Waals surface area (Å²) in [5.74, 6) is 1.23. The number of benzene rings is 1. The molecule has 0 spiro atoms. The number of hydrogen-bond acceptors (Lipinski definition) is 4. The standard InChI is InChI=1S/C14H11Cl2N3O/c1-2-18-13-11(15)7-12(16)14(19-13)20-10-5-3-4-9(6-10)8-17/h3-7H,2H2,1H3,(H,18,19). The number of rotatable bonds is 4. The molecule has 1 aromatic carbocycles. The van der Waals surface area contributed by atoms with Gasteiger partial charge in [0.15, 0.2) is 0 Å². The van der Waals surface area contributed by atoms with E-state index >= 15 is 0 Å². The highest BCUT2D eigenvalue weighted by molar-refractivity contribution is 6.36. The molecule has 0 aliphatic heterocycles. The van der Waals surface area contributed by atoms with Crippen LogP contribution in [-0.4, -0.2) is 11.5 Å². The monoisotopic (exact) mass is 307 g/mol. The number of nitriles is 1. The van der Waals surface area contributed by atoms with Gasteiger partial charge in [0.25, 0.3) is 0 Å².